The SMILES string of the molecule is Cc1cc[nH]c(=O)c1C(=O)Nc1nnc(C(F)(F)F)s1. The summed E-state index contributed by atoms with van der Waals surface area (Å²) in [7, 11) is 0. The number of carbonyl (C=O) groups excluding carboxylic acids is 1. The molecule has 0 spiro atoms. The van der Waals surface area contributed by atoms with Gasteiger partial charge < -0.3 is 4.98 Å². The van der Waals surface area contributed by atoms with Crippen LogP contribution in [0.5, 0.6) is 0 Å². The highest BCUT2D eigenvalue weighted by Crippen LogP contribution is 2.33. The van der Waals surface area contributed by atoms with Crippen LogP contribution in [-0.2, 0) is 6.18 Å². The minimum Gasteiger partial charge on any atom is -0.328 e. The second-order valence-corrected chi connectivity index (χ2v) is 4.71. The Kier molecular flexibility index (Phi) is 3.57. The molecule has 10 heteroatoms. The van der Waals surface area contributed by atoms with Gasteiger partial charge in [-0.1, -0.05) is 11.3 Å². The maximum absolute atomic E-state index is 12.3. The van der Waals surface area contributed by atoms with Crippen LogP contribution >= 0.6 is 11.3 Å². The third-order valence-electron chi connectivity index (χ3n) is 2.28. The number of anilines is 1. The van der Waals surface area contributed by atoms with E-state index in [1.54, 1.807) is 0 Å². The zero-order valence-electron chi connectivity index (χ0n) is 9.91. The molecule has 0 aliphatic rings. The van der Waals surface area contributed by atoms with Crippen LogP contribution in [0.25, 0.3) is 0 Å². The largest absolute Gasteiger partial charge is 0.445 e. The van der Waals surface area contributed by atoms with Gasteiger partial charge in [-0.3, -0.25) is 14.9 Å². The van der Waals surface area contributed by atoms with Crippen molar-refractivity contribution in [1.29, 1.82) is 0 Å². The number of aromatic nitrogens is 3. The van der Waals surface area contributed by atoms with E-state index < -0.39 is 22.7 Å². The van der Waals surface area contributed by atoms with Crippen molar-refractivity contribution >= 4 is 22.4 Å². The highest BCUT2D eigenvalue weighted by atomic mass is 32.1. The Hall–Kier alpha value is -2.23. The minimum atomic E-state index is -4.62. The van der Waals surface area contributed by atoms with Crippen LogP contribution in [0.3, 0.4) is 0 Å². The molecule has 0 saturated carbocycles. The number of halogens is 3. The number of hydrogen-bond donors (Lipinski definition) is 2. The van der Waals surface area contributed by atoms with Gasteiger partial charge in [0.15, 0.2) is 0 Å². The molecule has 2 N–H and O–H groups in total. The predicted molar refractivity (Wildman–Crippen MR) is 64.7 cm³/mol. The van der Waals surface area contributed by atoms with E-state index in [2.05, 4.69) is 20.5 Å². The normalized spacial score (nSPS) is 11.4. The molecule has 0 bridgehead atoms. The number of carbonyl (C=O) groups is 1. The number of aromatic amines is 1. The van der Waals surface area contributed by atoms with Crippen LogP contribution in [0.2, 0.25) is 0 Å². The second-order valence-electron chi connectivity index (χ2n) is 3.73. The fourth-order valence-electron chi connectivity index (χ4n) is 1.41. The minimum absolute atomic E-state index is 0.183. The molecule has 1 amide bonds. The Balaban J connectivity index is 2.25. The lowest BCUT2D eigenvalue weighted by Crippen LogP contribution is -2.24. The van der Waals surface area contributed by atoms with E-state index >= 15 is 0 Å². The van der Waals surface area contributed by atoms with E-state index in [4.69, 9.17) is 0 Å². The quantitative estimate of drug-likeness (QED) is 0.885. The summed E-state index contributed by atoms with van der Waals surface area (Å²) in [4.78, 5) is 25.7. The van der Waals surface area contributed by atoms with Gasteiger partial charge in [-0.25, -0.2) is 0 Å². The van der Waals surface area contributed by atoms with Gasteiger partial charge in [-0.2, -0.15) is 13.2 Å². The molecule has 0 aliphatic carbocycles. The first-order chi connectivity index (χ1) is 9.29. The molecule has 0 atom stereocenters. The average Bonchev–Trinajstić information content (AvgIpc) is 2.76. The van der Waals surface area contributed by atoms with Gasteiger partial charge in [-0.05, 0) is 18.6 Å². The zero-order chi connectivity index (χ0) is 14.9. The summed E-state index contributed by atoms with van der Waals surface area (Å²) >= 11 is 0.183. The third kappa shape index (κ3) is 2.85. The Morgan fingerprint density at radius 3 is 2.65 bits per heavy atom. The predicted octanol–water partition coefficient (Wildman–Crippen LogP) is 1.81. The van der Waals surface area contributed by atoms with E-state index in [1.165, 1.54) is 19.2 Å². The number of aryl methyl sites for hydroxylation is 1. The van der Waals surface area contributed by atoms with Crippen molar-refractivity contribution in [1.82, 2.24) is 15.2 Å². The first kappa shape index (κ1) is 14.2. The lowest BCUT2D eigenvalue weighted by Gasteiger charge is -2.03. The Labute approximate surface area is 113 Å². The summed E-state index contributed by atoms with van der Waals surface area (Å²) in [5.74, 6) is -0.839. The second kappa shape index (κ2) is 5.04. The fraction of sp³-hybridized carbons (Fsp3) is 0.200. The highest BCUT2D eigenvalue weighted by molar-refractivity contribution is 7.15. The number of pyridine rings is 1. The first-order valence-corrected chi connectivity index (χ1v) is 6.01. The molecule has 0 aliphatic heterocycles. The molecule has 20 heavy (non-hydrogen) atoms. The van der Waals surface area contributed by atoms with E-state index in [9.17, 15) is 22.8 Å². The van der Waals surface area contributed by atoms with Crippen LogP contribution in [0.15, 0.2) is 17.1 Å². The Bertz CT molecular complexity index is 707. The number of H-pyrrole nitrogens is 1. The molecule has 0 fully saturated rings. The molecule has 2 aromatic rings. The molecule has 0 saturated heterocycles. The number of alkyl halides is 3. The van der Waals surface area contributed by atoms with Gasteiger partial charge in [0.05, 0.1) is 0 Å². The summed E-state index contributed by atoms with van der Waals surface area (Å²) in [5.41, 5.74) is -0.425. The number of hydrogen-bond acceptors (Lipinski definition) is 5. The standard InChI is InChI=1S/C10H7F3N4O2S/c1-4-2-3-14-6(18)5(4)7(19)15-9-17-16-8(20-9)10(11,12)13/h2-3H,1H3,(H,14,18)(H,15,17,19). The summed E-state index contributed by atoms with van der Waals surface area (Å²) in [6, 6.07) is 1.50. The Morgan fingerprint density at radius 2 is 2.10 bits per heavy atom. The lowest BCUT2D eigenvalue weighted by atomic mass is 10.1. The van der Waals surface area contributed by atoms with Gasteiger partial charge in [-0.15, -0.1) is 10.2 Å². The third-order valence-corrected chi connectivity index (χ3v) is 3.17. The molecular weight excluding hydrogens is 297 g/mol. The number of nitrogens with one attached hydrogen (secondary N) is 2. The van der Waals surface area contributed by atoms with Gasteiger partial charge >= 0.3 is 6.18 Å². The van der Waals surface area contributed by atoms with Crippen LogP contribution in [0, 0.1) is 6.92 Å². The molecule has 106 valence electrons. The van der Waals surface area contributed by atoms with E-state index in [0.29, 0.717) is 5.56 Å². The summed E-state index contributed by atoms with van der Waals surface area (Å²) in [5, 5.41) is 6.75. The van der Waals surface area contributed by atoms with Crippen molar-refractivity contribution in [2.24, 2.45) is 0 Å². The molecule has 0 unspecified atom stereocenters. The van der Waals surface area contributed by atoms with Crippen molar-refractivity contribution < 1.29 is 18.0 Å². The van der Waals surface area contributed by atoms with E-state index in [1.807, 2.05) is 0 Å². The van der Waals surface area contributed by atoms with Crippen molar-refractivity contribution in [2.45, 2.75) is 13.1 Å². The first-order valence-electron chi connectivity index (χ1n) is 5.19. The lowest BCUT2D eigenvalue weighted by molar-refractivity contribution is -0.138. The van der Waals surface area contributed by atoms with Crippen LogP contribution in [0.1, 0.15) is 20.9 Å². The maximum Gasteiger partial charge on any atom is 0.445 e. The van der Waals surface area contributed by atoms with E-state index in [0.717, 1.165) is 0 Å². The number of rotatable bonds is 2. The molecule has 0 aromatic carbocycles. The van der Waals surface area contributed by atoms with Crippen LogP contribution in [0.4, 0.5) is 18.3 Å². The van der Waals surface area contributed by atoms with Gasteiger partial charge in [0.1, 0.15) is 5.56 Å². The Morgan fingerprint density at radius 1 is 1.40 bits per heavy atom. The fourth-order valence-corrected chi connectivity index (χ4v) is 2.01. The summed E-state index contributed by atoms with van der Waals surface area (Å²) in [6.07, 6.45) is -3.26. The molecule has 2 rings (SSSR count). The van der Waals surface area contributed by atoms with Crippen molar-refractivity contribution in [2.75, 3.05) is 5.32 Å². The topological polar surface area (TPSA) is 87.7 Å². The van der Waals surface area contributed by atoms with Crippen LogP contribution in [-0.4, -0.2) is 21.1 Å². The summed E-state index contributed by atoms with van der Waals surface area (Å²) in [6.45, 7) is 1.53. The molecule has 2 heterocycles. The molecule has 2 aromatic heterocycles. The van der Waals surface area contributed by atoms with Gasteiger partial charge in [0.25, 0.3) is 11.5 Å². The van der Waals surface area contributed by atoms with Crippen molar-refractivity contribution in [3.63, 3.8) is 0 Å². The van der Waals surface area contributed by atoms with E-state index in [-0.39, 0.29) is 22.0 Å². The van der Waals surface area contributed by atoms with Crippen molar-refractivity contribution in [3.8, 4) is 0 Å². The van der Waals surface area contributed by atoms with Gasteiger partial charge in [0, 0.05) is 6.20 Å². The van der Waals surface area contributed by atoms with Gasteiger partial charge in [0.2, 0.25) is 10.1 Å². The number of nitrogens with zero attached hydrogens (tertiary/aromatic N) is 2. The molecular formula is C10H7F3N4O2S. The molecule has 0 radical (unpaired) electrons. The maximum atomic E-state index is 12.3. The average molecular weight is 304 g/mol. The van der Waals surface area contributed by atoms with Crippen molar-refractivity contribution in [3.05, 3.63) is 38.8 Å². The highest BCUT2D eigenvalue weighted by Gasteiger charge is 2.35. The smallest absolute Gasteiger partial charge is 0.328 e. The molecule has 6 nitrogen and oxygen atoms in total. The summed E-state index contributed by atoms with van der Waals surface area (Å²) < 4.78 is 37.0. The monoisotopic (exact) mass is 304 g/mol. The van der Waals surface area contributed by atoms with Crippen LogP contribution < -0.4 is 10.9 Å². The number of amides is 1. The zero-order valence-corrected chi connectivity index (χ0v) is 10.7.